The van der Waals surface area contributed by atoms with E-state index in [0.29, 0.717) is 30.0 Å². The van der Waals surface area contributed by atoms with Gasteiger partial charge in [0, 0.05) is 30.9 Å². The quantitative estimate of drug-likeness (QED) is 0.479. The third-order valence-electron chi connectivity index (χ3n) is 6.85. The van der Waals surface area contributed by atoms with Gasteiger partial charge in [-0.2, -0.15) is 0 Å². The van der Waals surface area contributed by atoms with Crippen LogP contribution >= 0.6 is 0 Å². The highest BCUT2D eigenvalue weighted by Gasteiger charge is 2.28. The molecule has 0 aliphatic heterocycles. The van der Waals surface area contributed by atoms with Crippen LogP contribution in [0.4, 0.5) is 14.9 Å². The predicted molar refractivity (Wildman–Crippen MR) is 134 cm³/mol. The van der Waals surface area contributed by atoms with E-state index in [1.165, 1.54) is 25.0 Å². The van der Waals surface area contributed by atoms with E-state index in [1.54, 1.807) is 11.7 Å². The second-order valence-electron chi connectivity index (χ2n) is 9.36. The molecule has 1 aromatic heterocycles. The van der Waals surface area contributed by atoms with Crippen molar-refractivity contribution >= 4 is 11.7 Å². The number of carbonyl (C=O) groups is 1. The number of aryl methyl sites for hydroxylation is 2. The molecule has 35 heavy (non-hydrogen) atoms. The Hall–Kier alpha value is -3.33. The largest absolute Gasteiger partial charge is 0.338 e. The Morgan fingerprint density at radius 2 is 1.97 bits per heavy atom. The number of halogens is 1. The molecular formula is C26H34FN7O. The molecule has 186 valence electrons. The van der Waals surface area contributed by atoms with Gasteiger partial charge >= 0.3 is 6.03 Å². The van der Waals surface area contributed by atoms with Crippen LogP contribution in [0, 0.1) is 11.7 Å². The maximum absolute atomic E-state index is 13.1. The maximum Gasteiger partial charge on any atom is 0.319 e. The topological polar surface area (TPSA) is 88.0 Å². The van der Waals surface area contributed by atoms with Crippen molar-refractivity contribution in [3.63, 3.8) is 0 Å². The molecule has 1 heterocycles. The number of hydrogen-bond acceptors (Lipinski definition) is 5. The highest BCUT2D eigenvalue weighted by Crippen LogP contribution is 2.28. The number of urea groups is 1. The van der Waals surface area contributed by atoms with E-state index in [1.807, 2.05) is 36.4 Å². The summed E-state index contributed by atoms with van der Waals surface area (Å²) in [4.78, 5) is 15.1. The van der Waals surface area contributed by atoms with E-state index in [4.69, 9.17) is 0 Å². The number of carbonyl (C=O) groups excluding carboxylic acids is 1. The minimum atomic E-state index is -0.207. The van der Waals surface area contributed by atoms with Crippen molar-refractivity contribution < 1.29 is 9.18 Å². The van der Waals surface area contributed by atoms with Crippen LogP contribution in [0.1, 0.15) is 37.7 Å². The zero-order chi connectivity index (χ0) is 24.6. The molecule has 0 radical (unpaired) electrons. The second kappa shape index (κ2) is 11.9. The van der Waals surface area contributed by atoms with Crippen molar-refractivity contribution in [2.24, 2.45) is 13.0 Å². The summed E-state index contributed by atoms with van der Waals surface area (Å²) < 4.78 is 14.7. The third-order valence-corrected chi connectivity index (χ3v) is 6.85. The van der Waals surface area contributed by atoms with Crippen LogP contribution in [0.3, 0.4) is 0 Å². The number of nitrogens with one attached hydrogen (secondary N) is 2. The fourth-order valence-electron chi connectivity index (χ4n) is 4.97. The van der Waals surface area contributed by atoms with E-state index >= 15 is 0 Å². The van der Waals surface area contributed by atoms with Crippen LogP contribution in [-0.2, 0) is 13.5 Å². The molecule has 3 aromatic rings. The number of nitrogens with zero attached hydrogens (tertiary/aromatic N) is 5. The minimum absolute atomic E-state index is 0.192. The zero-order valence-corrected chi connectivity index (χ0v) is 20.5. The van der Waals surface area contributed by atoms with E-state index in [9.17, 15) is 9.18 Å². The molecule has 4 rings (SSSR count). The lowest BCUT2D eigenvalue weighted by Gasteiger charge is -2.38. The van der Waals surface area contributed by atoms with Crippen molar-refractivity contribution in [3.05, 3.63) is 59.9 Å². The summed E-state index contributed by atoms with van der Waals surface area (Å²) in [7, 11) is 3.96. The molecule has 1 fully saturated rings. The molecule has 9 heteroatoms. The number of anilines is 1. The van der Waals surface area contributed by atoms with Crippen molar-refractivity contribution in [2.45, 2.75) is 44.6 Å². The minimum Gasteiger partial charge on any atom is -0.338 e. The number of rotatable bonds is 9. The Morgan fingerprint density at radius 1 is 1.17 bits per heavy atom. The van der Waals surface area contributed by atoms with Crippen LogP contribution in [0.15, 0.2) is 48.5 Å². The van der Waals surface area contributed by atoms with Gasteiger partial charge in [-0.05, 0) is 85.4 Å². The zero-order valence-electron chi connectivity index (χ0n) is 20.5. The van der Waals surface area contributed by atoms with Crippen LogP contribution in [0.25, 0.3) is 11.4 Å². The molecule has 1 aliphatic carbocycles. The van der Waals surface area contributed by atoms with Gasteiger partial charge in [0.15, 0.2) is 5.82 Å². The number of amides is 2. The lowest BCUT2D eigenvalue weighted by Crippen LogP contribution is -2.46. The highest BCUT2D eigenvalue weighted by molar-refractivity contribution is 5.89. The van der Waals surface area contributed by atoms with E-state index in [-0.39, 0.29) is 11.8 Å². The predicted octanol–water partition coefficient (Wildman–Crippen LogP) is 4.26. The van der Waals surface area contributed by atoms with Gasteiger partial charge in [-0.1, -0.05) is 37.1 Å². The average molecular weight is 480 g/mol. The van der Waals surface area contributed by atoms with Crippen molar-refractivity contribution in [2.75, 3.05) is 25.5 Å². The SMILES string of the molecule is CN(CCCc1ccc(F)cc1)[C@@H]1CCCCC1CNC(=O)Nc1cccc(-c2nnnn2C)c1. The van der Waals surface area contributed by atoms with Gasteiger partial charge in [-0.25, -0.2) is 13.9 Å². The summed E-state index contributed by atoms with van der Waals surface area (Å²) in [5.74, 6) is 0.866. The Balaban J connectivity index is 1.26. The monoisotopic (exact) mass is 479 g/mol. The van der Waals surface area contributed by atoms with Crippen LogP contribution in [0.5, 0.6) is 0 Å². The number of tetrazole rings is 1. The summed E-state index contributed by atoms with van der Waals surface area (Å²) in [5, 5.41) is 17.6. The normalized spacial score (nSPS) is 17.9. The van der Waals surface area contributed by atoms with Gasteiger partial charge < -0.3 is 15.5 Å². The molecular weight excluding hydrogens is 445 g/mol. The molecule has 8 nitrogen and oxygen atoms in total. The lowest BCUT2D eigenvalue weighted by atomic mass is 9.83. The maximum atomic E-state index is 13.1. The van der Waals surface area contributed by atoms with Crippen molar-refractivity contribution in [3.8, 4) is 11.4 Å². The highest BCUT2D eigenvalue weighted by atomic mass is 19.1. The van der Waals surface area contributed by atoms with Gasteiger partial charge in [0.2, 0.25) is 0 Å². The number of hydrogen-bond donors (Lipinski definition) is 2. The number of aromatic nitrogens is 4. The van der Waals surface area contributed by atoms with Gasteiger partial charge in [-0.3, -0.25) is 0 Å². The Kier molecular flexibility index (Phi) is 8.41. The van der Waals surface area contributed by atoms with Gasteiger partial charge in [-0.15, -0.1) is 5.10 Å². The average Bonchev–Trinajstić information content (AvgIpc) is 3.30. The fourth-order valence-corrected chi connectivity index (χ4v) is 4.97. The van der Waals surface area contributed by atoms with Crippen LogP contribution in [0.2, 0.25) is 0 Å². The molecule has 0 bridgehead atoms. The summed E-state index contributed by atoms with van der Waals surface area (Å²) in [6.45, 7) is 1.63. The van der Waals surface area contributed by atoms with Crippen LogP contribution < -0.4 is 10.6 Å². The first-order valence-electron chi connectivity index (χ1n) is 12.3. The molecule has 2 aromatic carbocycles. The van der Waals surface area contributed by atoms with Gasteiger partial charge in [0.25, 0.3) is 0 Å². The van der Waals surface area contributed by atoms with Gasteiger partial charge in [0.05, 0.1) is 0 Å². The first-order valence-corrected chi connectivity index (χ1v) is 12.3. The summed E-state index contributed by atoms with van der Waals surface area (Å²) in [6, 6.07) is 14.5. The first kappa shape index (κ1) is 24.8. The van der Waals surface area contributed by atoms with Crippen molar-refractivity contribution in [1.29, 1.82) is 0 Å². The molecule has 1 aliphatic rings. The van der Waals surface area contributed by atoms with E-state index < -0.39 is 0 Å². The standard InChI is InChI=1S/C26H34FN7O/c1-33(16-6-7-19-12-14-22(27)15-13-19)24-11-4-3-8-21(24)18-28-26(35)29-23-10-5-9-20(17-23)25-30-31-32-34(25)2/h5,9-10,12-15,17,21,24H,3-4,6-8,11,16,18H2,1-2H3,(H2,28,29,35)/t21?,24-/m1/s1. The molecule has 1 unspecified atom stereocenters. The Morgan fingerprint density at radius 3 is 2.74 bits per heavy atom. The summed E-state index contributed by atoms with van der Waals surface area (Å²) in [5.41, 5.74) is 2.70. The van der Waals surface area contributed by atoms with E-state index in [0.717, 1.165) is 43.4 Å². The number of benzene rings is 2. The molecule has 1 saturated carbocycles. The molecule has 0 spiro atoms. The van der Waals surface area contributed by atoms with Crippen molar-refractivity contribution in [1.82, 2.24) is 30.4 Å². The molecule has 0 saturated heterocycles. The molecule has 2 N–H and O–H groups in total. The molecule has 2 atom stereocenters. The smallest absolute Gasteiger partial charge is 0.319 e. The lowest BCUT2D eigenvalue weighted by molar-refractivity contribution is 0.128. The fraction of sp³-hybridized carbons (Fsp3) is 0.462. The summed E-state index contributed by atoms with van der Waals surface area (Å²) >= 11 is 0. The Labute approximate surface area is 205 Å². The third kappa shape index (κ3) is 6.85. The van der Waals surface area contributed by atoms with Gasteiger partial charge in [0.1, 0.15) is 5.82 Å². The molecule has 2 amide bonds. The first-order chi connectivity index (χ1) is 17.0. The Bertz CT molecular complexity index is 1100. The second-order valence-corrected chi connectivity index (χ2v) is 9.36. The summed E-state index contributed by atoms with van der Waals surface area (Å²) in [6.07, 6.45) is 6.64. The van der Waals surface area contributed by atoms with E-state index in [2.05, 4.69) is 38.1 Å². The van der Waals surface area contributed by atoms with Crippen LogP contribution in [-0.4, -0.2) is 57.3 Å².